The Balaban J connectivity index is 2.84. The van der Waals surface area contributed by atoms with Crippen molar-refractivity contribution in [2.75, 3.05) is 5.88 Å². The van der Waals surface area contributed by atoms with Gasteiger partial charge in [-0.25, -0.2) is 4.79 Å². The highest BCUT2D eigenvalue weighted by atomic mass is 35.5. The molecule has 0 saturated carbocycles. The minimum absolute atomic E-state index is 0.382. The largest absolute Gasteiger partial charge is 0.478 e. The average molecular weight is 199 g/mol. The number of carboxylic acid groups (broad SMARTS) is 1. The standard InChI is InChI=1S/C10H11ClO2/c11-7-3-5-8-4-1-2-6-9(8)10(12)13/h1-2,4,6H,3,5,7H2,(H,12,13). The van der Waals surface area contributed by atoms with Crippen LogP contribution in [0, 0.1) is 0 Å². The Kier molecular flexibility index (Phi) is 3.77. The maximum absolute atomic E-state index is 10.8. The van der Waals surface area contributed by atoms with Crippen LogP contribution in [0.3, 0.4) is 0 Å². The molecule has 3 heteroatoms. The van der Waals surface area contributed by atoms with Gasteiger partial charge < -0.3 is 5.11 Å². The van der Waals surface area contributed by atoms with E-state index < -0.39 is 5.97 Å². The van der Waals surface area contributed by atoms with Gasteiger partial charge in [0, 0.05) is 5.88 Å². The van der Waals surface area contributed by atoms with Gasteiger partial charge >= 0.3 is 5.97 Å². The van der Waals surface area contributed by atoms with Crippen molar-refractivity contribution in [3.8, 4) is 0 Å². The fourth-order valence-electron chi connectivity index (χ4n) is 1.20. The number of halogens is 1. The van der Waals surface area contributed by atoms with Gasteiger partial charge in [-0.1, -0.05) is 18.2 Å². The van der Waals surface area contributed by atoms with Crippen molar-refractivity contribution >= 4 is 17.6 Å². The highest BCUT2D eigenvalue weighted by Gasteiger charge is 2.07. The van der Waals surface area contributed by atoms with Crippen LogP contribution in [-0.4, -0.2) is 17.0 Å². The number of hydrogen-bond acceptors (Lipinski definition) is 1. The molecule has 0 fully saturated rings. The summed E-state index contributed by atoms with van der Waals surface area (Å²) >= 11 is 5.54. The Bertz CT molecular complexity index is 297. The van der Waals surface area contributed by atoms with Crippen LogP contribution in [0.5, 0.6) is 0 Å². The van der Waals surface area contributed by atoms with Crippen LogP contribution in [-0.2, 0) is 6.42 Å². The molecule has 0 aliphatic carbocycles. The molecule has 1 rings (SSSR count). The van der Waals surface area contributed by atoms with Crippen molar-refractivity contribution in [1.29, 1.82) is 0 Å². The van der Waals surface area contributed by atoms with Crippen LogP contribution in [0.15, 0.2) is 24.3 Å². The van der Waals surface area contributed by atoms with E-state index in [2.05, 4.69) is 0 Å². The third kappa shape index (κ3) is 2.74. The number of aromatic carboxylic acids is 1. The van der Waals surface area contributed by atoms with Crippen molar-refractivity contribution in [1.82, 2.24) is 0 Å². The normalized spacial score (nSPS) is 9.92. The van der Waals surface area contributed by atoms with Crippen LogP contribution in [0.4, 0.5) is 0 Å². The van der Waals surface area contributed by atoms with Gasteiger partial charge in [0.05, 0.1) is 5.56 Å². The van der Waals surface area contributed by atoms with Gasteiger partial charge in [0.1, 0.15) is 0 Å². The van der Waals surface area contributed by atoms with Crippen molar-refractivity contribution in [2.24, 2.45) is 0 Å². The molecule has 0 amide bonds. The molecule has 0 radical (unpaired) electrons. The smallest absolute Gasteiger partial charge is 0.335 e. The SMILES string of the molecule is O=C(O)c1ccccc1CCCCl. The van der Waals surface area contributed by atoms with Crippen molar-refractivity contribution in [2.45, 2.75) is 12.8 Å². The molecule has 2 nitrogen and oxygen atoms in total. The van der Waals surface area contributed by atoms with Crippen molar-refractivity contribution in [3.63, 3.8) is 0 Å². The lowest BCUT2D eigenvalue weighted by Gasteiger charge is -2.03. The molecule has 0 bridgehead atoms. The maximum atomic E-state index is 10.8. The minimum Gasteiger partial charge on any atom is -0.478 e. The molecule has 70 valence electrons. The maximum Gasteiger partial charge on any atom is 0.335 e. The summed E-state index contributed by atoms with van der Waals surface area (Å²) in [6.45, 7) is 0. The lowest BCUT2D eigenvalue weighted by Crippen LogP contribution is -2.02. The highest BCUT2D eigenvalue weighted by Crippen LogP contribution is 2.11. The van der Waals surface area contributed by atoms with Crippen LogP contribution in [0.25, 0.3) is 0 Å². The van der Waals surface area contributed by atoms with Gasteiger partial charge in [0.15, 0.2) is 0 Å². The van der Waals surface area contributed by atoms with E-state index in [0.29, 0.717) is 11.4 Å². The molecular weight excluding hydrogens is 188 g/mol. The molecule has 0 atom stereocenters. The topological polar surface area (TPSA) is 37.3 Å². The summed E-state index contributed by atoms with van der Waals surface area (Å²) in [6, 6.07) is 7.02. The van der Waals surface area contributed by atoms with E-state index in [1.165, 1.54) is 0 Å². The molecule has 0 unspecified atom stereocenters. The highest BCUT2D eigenvalue weighted by molar-refractivity contribution is 6.17. The van der Waals surface area contributed by atoms with Crippen molar-refractivity contribution in [3.05, 3.63) is 35.4 Å². The van der Waals surface area contributed by atoms with Crippen LogP contribution >= 0.6 is 11.6 Å². The van der Waals surface area contributed by atoms with Gasteiger partial charge in [-0.2, -0.15) is 0 Å². The Morgan fingerprint density at radius 3 is 2.69 bits per heavy atom. The molecule has 0 spiro atoms. The average Bonchev–Trinajstić information content (AvgIpc) is 2.15. The van der Waals surface area contributed by atoms with Crippen LogP contribution in [0.1, 0.15) is 22.3 Å². The van der Waals surface area contributed by atoms with Crippen molar-refractivity contribution < 1.29 is 9.90 Å². The molecule has 13 heavy (non-hydrogen) atoms. The Hall–Kier alpha value is -1.02. The lowest BCUT2D eigenvalue weighted by atomic mass is 10.0. The fourth-order valence-corrected chi connectivity index (χ4v) is 1.34. The third-order valence-corrected chi connectivity index (χ3v) is 2.09. The fraction of sp³-hybridized carbons (Fsp3) is 0.300. The number of benzene rings is 1. The number of rotatable bonds is 4. The van der Waals surface area contributed by atoms with E-state index in [9.17, 15) is 4.79 Å². The first kappa shape index (κ1) is 10.1. The monoisotopic (exact) mass is 198 g/mol. The van der Waals surface area contributed by atoms with E-state index in [1.807, 2.05) is 12.1 Å². The Morgan fingerprint density at radius 1 is 1.38 bits per heavy atom. The first-order chi connectivity index (χ1) is 6.25. The van der Waals surface area contributed by atoms with Gasteiger partial charge in [-0.3, -0.25) is 0 Å². The third-order valence-electron chi connectivity index (χ3n) is 1.83. The van der Waals surface area contributed by atoms with E-state index >= 15 is 0 Å². The zero-order valence-corrected chi connectivity index (χ0v) is 7.92. The van der Waals surface area contributed by atoms with Crippen LogP contribution < -0.4 is 0 Å². The number of carbonyl (C=O) groups is 1. The first-order valence-corrected chi connectivity index (χ1v) is 4.66. The predicted octanol–water partition coefficient (Wildman–Crippen LogP) is 2.56. The summed E-state index contributed by atoms with van der Waals surface area (Å²) in [6.07, 6.45) is 1.54. The van der Waals surface area contributed by atoms with Gasteiger partial charge in [-0.15, -0.1) is 11.6 Å². The minimum atomic E-state index is -0.870. The van der Waals surface area contributed by atoms with Crippen LogP contribution in [0.2, 0.25) is 0 Å². The van der Waals surface area contributed by atoms with E-state index in [0.717, 1.165) is 18.4 Å². The molecule has 1 N–H and O–H groups in total. The Morgan fingerprint density at radius 2 is 2.08 bits per heavy atom. The molecule has 0 heterocycles. The number of alkyl halides is 1. The first-order valence-electron chi connectivity index (χ1n) is 4.13. The molecule has 0 aliphatic heterocycles. The zero-order valence-electron chi connectivity index (χ0n) is 7.16. The summed E-state index contributed by atoms with van der Waals surface area (Å²) in [5.74, 6) is -0.307. The lowest BCUT2D eigenvalue weighted by molar-refractivity contribution is 0.0695. The second-order valence-electron chi connectivity index (χ2n) is 2.75. The summed E-state index contributed by atoms with van der Waals surface area (Å²) in [4.78, 5) is 10.8. The molecular formula is C10H11ClO2. The Labute approximate surface area is 82.2 Å². The summed E-state index contributed by atoms with van der Waals surface area (Å²) in [7, 11) is 0. The van der Waals surface area contributed by atoms with Gasteiger partial charge in [0.25, 0.3) is 0 Å². The summed E-state index contributed by atoms with van der Waals surface area (Å²) < 4.78 is 0. The molecule has 0 aromatic heterocycles. The molecule has 0 aliphatic rings. The molecule has 1 aromatic rings. The van der Waals surface area contributed by atoms with E-state index in [1.54, 1.807) is 12.1 Å². The summed E-state index contributed by atoms with van der Waals surface area (Å²) in [5.41, 5.74) is 1.24. The van der Waals surface area contributed by atoms with Gasteiger partial charge in [-0.05, 0) is 24.5 Å². The predicted molar refractivity (Wildman–Crippen MR) is 52.4 cm³/mol. The number of hydrogen-bond donors (Lipinski definition) is 1. The van der Waals surface area contributed by atoms with E-state index in [4.69, 9.17) is 16.7 Å². The summed E-state index contributed by atoms with van der Waals surface area (Å²) in [5, 5.41) is 8.83. The van der Waals surface area contributed by atoms with E-state index in [-0.39, 0.29) is 0 Å². The quantitative estimate of drug-likeness (QED) is 0.755. The molecule has 0 saturated heterocycles. The number of carboxylic acids is 1. The zero-order chi connectivity index (χ0) is 9.68. The second kappa shape index (κ2) is 4.87. The van der Waals surface area contributed by atoms with Gasteiger partial charge in [0.2, 0.25) is 0 Å². The molecule has 1 aromatic carbocycles. The second-order valence-corrected chi connectivity index (χ2v) is 3.13. The number of aryl methyl sites for hydroxylation is 1.